The smallest absolute Gasteiger partial charge is 0.217 e. The first-order chi connectivity index (χ1) is 14.5. The third-order valence-corrected chi connectivity index (χ3v) is 5.50. The van der Waals surface area contributed by atoms with Gasteiger partial charge in [-0.05, 0) is 62.6 Å². The van der Waals surface area contributed by atoms with Gasteiger partial charge in [0.25, 0.3) is 0 Å². The van der Waals surface area contributed by atoms with E-state index in [0.29, 0.717) is 18.4 Å². The van der Waals surface area contributed by atoms with Crippen molar-refractivity contribution in [3.8, 4) is 11.6 Å². The Morgan fingerprint density at radius 2 is 1.90 bits per heavy atom. The minimum Gasteiger partial charge on any atom is -0.490 e. The molecule has 1 atom stereocenters. The first-order valence-corrected chi connectivity index (χ1v) is 11.0. The minimum atomic E-state index is -0.0230. The van der Waals surface area contributed by atoms with E-state index in [0.717, 1.165) is 55.7 Å². The van der Waals surface area contributed by atoms with Gasteiger partial charge in [-0.15, -0.1) is 0 Å². The normalized spacial score (nSPS) is 19.7. The Morgan fingerprint density at radius 3 is 2.57 bits per heavy atom. The fourth-order valence-corrected chi connectivity index (χ4v) is 3.89. The molecule has 3 rings (SSSR count). The number of carbonyl (C=O) groups excluding carboxylic acids is 1. The lowest BCUT2D eigenvalue weighted by atomic mass is 9.85. The molecule has 0 spiro atoms. The van der Waals surface area contributed by atoms with Crippen molar-refractivity contribution in [2.75, 3.05) is 6.61 Å². The maximum Gasteiger partial charge on any atom is 0.217 e. The predicted octanol–water partition coefficient (Wildman–Crippen LogP) is 4.64. The highest BCUT2D eigenvalue weighted by molar-refractivity contribution is 5.73. The number of aromatic nitrogens is 2. The van der Waals surface area contributed by atoms with Crippen molar-refractivity contribution in [1.29, 1.82) is 0 Å². The van der Waals surface area contributed by atoms with E-state index in [1.165, 1.54) is 6.92 Å². The summed E-state index contributed by atoms with van der Waals surface area (Å²) in [6, 6.07) is 9.86. The van der Waals surface area contributed by atoms with Crippen molar-refractivity contribution in [3.63, 3.8) is 0 Å². The molecule has 1 saturated carbocycles. The first kappa shape index (κ1) is 22.1. The maximum absolute atomic E-state index is 11.2. The molecule has 1 aromatic carbocycles. The van der Waals surface area contributed by atoms with Crippen molar-refractivity contribution in [1.82, 2.24) is 15.3 Å². The van der Waals surface area contributed by atoms with E-state index in [1.54, 1.807) is 6.20 Å². The molecule has 1 aliphatic rings. The average molecular weight is 412 g/mol. The van der Waals surface area contributed by atoms with Crippen LogP contribution in [0.2, 0.25) is 0 Å². The van der Waals surface area contributed by atoms with Crippen molar-refractivity contribution in [2.45, 2.75) is 71.4 Å². The van der Waals surface area contributed by atoms with Gasteiger partial charge >= 0.3 is 0 Å². The second-order valence-corrected chi connectivity index (χ2v) is 8.12. The van der Waals surface area contributed by atoms with Crippen LogP contribution in [-0.4, -0.2) is 28.6 Å². The SMILES string of the molecule is CCCOc1ccnc(CC2CCC(Oc3ccc(C(C)NC(C)=O)cc3)CC2)n1. The summed E-state index contributed by atoms with van der Waals surface area (Å²) < 4.78 is 11.8. The highest BCUT2D eigenvalue weighted by atomic mass is 16.5. The summed E-state index contributed by atoms with van der Waals surface area (Å²) in [5.41, 5.74) is 1.08. The second-order valence-electron chi connectivity index (χ2n) is 8.12. The van der Waals surface area contributed by atoms with E-state index in [9.17, 15) is 4.79 Å². The van der Waals surface area contributed by atoms with Crippen molar-refractivity contribution in [3.05, 3.63) is 47.9 Å². The number of nitrogens with zero attached hydrogens (tertiary/aromatic N) is 2. The van der Waals surface area contributed by atoms with E-state index in [2.05, 4.69) is 22.2 Å². The average Bonchev–Trinajstić information content (AvgIpc) is 2.74. The quantitative estimate of drug-likeness (QED) is 0.651. The maximum atomic E-state index is 11.2. The van der Waals surface area contributed by atoms with Crippen LogP contribution in [0.25, 0.3) is 0 Å². The van der Waals surface area contributed by atoms with Gasteiger partial charge in [-0.2, -0.15) is 4.98 Å². The van der Waals surface area contributed by atoms with Crippen molar-refractivity contribution in [2.24, 2.45) is 5.92 Å². The molecule has 6 heteroatoms. The van der Waals surface area contributed by atoms with E-state index >= 15 is 0 Å². The number of amides is 1. The van der Waals surface area contributed by atoms with Crippen molar-refractivity contribution < 1.29 is 14.3 Å². The van der Waals surface area contributed by atoms with E-state index in [4.69, 9.17) is 9.47 Å². The van der Waals surface area contributed by atoms with E-state index < -0.39 is 0 Å². The third-order valence-electron chi connectivity index (χ3n) is 5.50. The molecule has 1 aromatic heterocycles. The molecule has 6 nitrogen and oxygen atoms in total. The number of rotatable bonds is 9. The van der Waals surface area contributed by atoms with Gasteiger partial charge in [0.05, 0.1) is 18.8 Å². The van der Waals surface area contributed by atoms with Crippen LogP contribution < -0.4 is 14.8 Å². The van der Waals surface area contributed by atoms with Crippen LogP contribution in [0.5, 0.6) is 11.6 Å². The number of hydrogen-bond acceptors (Lipinski definition) is 5. The van der Waals surface area contributed by atoms with Gasteiger partial charge < -0.3 is 14.8 Å². The summed E-state index contributed by atoms with van der Waals surface area (Å²) >= 11 is 0. The summed E-state index contributed by atoms with van der Waals surface area (Å²) in [5.74, 6) is 3.01. The zero-order valence-corrected chi connectivity index (χ0v) is 18.3. The molecule has 1 unspecified atom stereocenters. The molecular weight excluding hydrogens is 378 g/mol. The van der Waals surface area contributed by atoms with Gasteiger partial charge in [0, 0.05) is 25.6 Å². The van der Waals surface area contributed by atoms with Gasteiger partial charge in [-0.25, -0.2) is 4.98 Å². The second kappa shape index (κ2) is 11.0. The molecule has 30 heavy (non-hydrogen) atoms. The molecule has 1 amide bonds. The summed E-state index contributed by atoms with van der Waals surface area (Å²) in [7, 11) is 0. The molecule has 1 heterocycles. The monoisotopic (exact) mass is 411 g/mol. The van der Waals surface area contributed by atoms with Gasteiger partial charge in [-0.1, -0.05) is 19.1 Å². The standard InChI is InChI=1S/C24H33N3O3/c1-4-15-29-24-13-14-25-23(27-24)16-19-5-9-21(10-6-19)30-22-11-7-20(8-12-22)17(2)26-18(3)28/h7-8,11-14,17,19,21H,4-6,9-10,15-16H2,1-3H3,(H,26,28). The van der Waals surface area contributed by atoms with Gasteiger partial charge in [0.2, 0.25) is 11.8 Å². The van der Waals surface area contributed by atoms with Crippen molar-refractivity contribution >= 4 is 5.91 Å². The summed E-state index contributed by atoms with van der Waals surface area (Å²) in [6.45, 7) is 6.29. The Kier molecular flexibility index (Phi) is 8.05. The summed E-state index contributed by atoms with van der Waals surface area (Å²) in [4.78, 5) is 20.2. The molecule has 0 saturated heterocycles. The third kappa shape index (κ3) is 6.71. The molecule has 0 bridgehead atoms. The topological polar surface area (TPSA) is 73.3 Å². The zero-order chi connectivity index (χ0) is 21.3. The lowest BCUT2D eigenvalue weighted by molar-refractivity contribution is -0.119. The van der Waals surface area contributed by atoms with Crippen LogP contribution in [0.1, 0.15) is 70.3 Å². The van der Waals surface area contributed by atoms with Gasteiger partial charge in [-0.3, -0.25) is 4.79 Å². The van der Waals surface area contributed by atoms with Crippen LogP contribution in [-0.2, 0) is 11.2 Å². The summed E-state index contributed by atoms with van der Waals surface area (Å²) in [6.07, 6.45) is 8.23. The lowest BCUT2D eigenvalue weighted by Crippen LogP contribution is -2.25. The Morgan fingerprint density at radius 1 is 1.17 bits per heavy atom. The largest absolute Gasteiger partial charge is 0.490 e. The van der Waals surface area contributed by atoms with E-state index in [-0.39, 0.29) is 18.1 Å². The molecule has 1 fully saturated rings. The molecular formula is C24H33N3O3. The lowest BCUT2D eigenvalue weighted by Gasteiger charge is -2.28. The molecule has 2 aromatic rings. The summed E-state index contributed by atoms with van der Waals surface area (Å²) in [5, 5.41) is 2.90. The van der Waals surface area contributed by atoms with Crippen LogP contribution >= 0.6 is 0 Å². The first-order valence-electron chi connectivity index (χ1n) is 11.0. The van der Waals surface area contributed by atoms with Crippen LogP contribution in [0.3, 0.4) is 0 Å². The Hall–Kier alpha value is -2.63. The Balaban J connectivity index is 1.45. The van der Waals surface area contributed by atoms with Gasteiger partial charge in [0.1, 0.15) is 11.6 Å². The highest BCUT2D eigenvalue weighted by Crippen LogP contribution is 2.30. The van der Waals surface area contributed by atoms with Crippen LogP contribution in [0.4, 0.5) is 0 Å². The fourth-order valence-electron chi connectivity index (χ4n) is 3.89. The highest BCUT2D eigenvalue weighted by Gasteiger charge is 2.23. The zero-order valence-electron chi connectivity index (χ0n) is 18.3. The molecule has 0 aliphatic heterocycles. The predicted molar refractivity (Wildman–Crippen MR) is 117 cm³/mol. The molecule has 162 valence electrons. The van der Waals surface area contributed by atoms with Crippen LogP contribution in [0, 0.1) is 5.92 Å². The Labute approximate surface area is 179 Å². The molecule has 0 radical (unpaired) electrons. The number of benzene rings is 1. The number of carbonyl (C=O) groups is 1. The number of hydrogen-bond donors (Lipinski definition) is 1. The molecule has 1 aliphatic carbocycles. The van der Waals surface area contributed by atoms with Crippen LogP contribution in [0.15, 0.2) is 36.5 Å². The molecule has 1 N–H and O–H groups in total. The van der Waals surface area contributed by atoms with Gasteiger partial charge in [0.15, 0.2) is 0 Å². The fraction of sp³-hybridized carbons (Fsp3) is 0.542. The number of ether oxygens (including phenoxy) is 2. The minimum absolute atomic E-state index is 0.0000767. The number of nitrogens with one attached hydrogen (secondary N) is 1. The Bertz CT molecular complexity index is 802. The van der Waals surface area contributed by atoms with E-state index in [1.807, 2.05) is 37.3 Å².